The number of hydrogen-bond acceptors (Lipinski definition) is 2. The first kappa shape index (κ1) is 21.2. The van der Waals surface area contributed by atoms with Crippen molar-refractivity contribution in [3.05, 3.63) is 23.8 Å². The van der Waals surface area contributed by atoms with E-state index in [-0.39, 0.29) is 11.8 Å². The van der Waals surface area contributed by atoms with Crippen molar-refractivity contribution >= 4 is 5.97 Å². The van der Waals surface area contributed by atoms with Crippen molar-refractivity contribution in [2.24, 2.45) is 5.92 Å². The van der Waals surface area contributed by atoms with Crippen LogP contribution in [0.5, 0.6) is 0 Å². The Morgan fingerprint density at radius 3 is 2.50 bits per heavy atom. The fraction of sp³-hybridized carbons (Fsp3) is 0.688. The van der Waals surface area contributed by atoms with Crippen LogP contribution >= 0.6 is 0 Å². The number of quaternary nitrogens is 1. The predicted molar refractivity (Wildman–Crippen MR) is 85.2 cm³/mol. The molecule has 0 radical (unpaired) electrons. The van der Waals surface area contributed by atoms with Gasteiger partial charge >= 0.3 is 5.97 Å². The summed E-state index contributed by atoms with van der Waals surface area (Å²) in [5, 5.41) is 8.59. The smallest absolute Gasteiger partial charge is 0.328 e. The first-order valence-electron chi connectivity index (χ1n) is 6.90. The van der Waals surface area contributed by atoms with E-state index in [4.69, 9.17) is 9.84 Å². The molecule has 0 aromatic rings. The van der Waals surface area contributed by atoms with E-state index in [0.29, 0.717) is 5.92 Å². The van der Waals surface area contributed by atoms with Gasteiger partial charge < -0.3 is 16.0 Å². The number of ether oxygens (including phenoxy) is 1. The lowest BCUT2D eigenvalue weighted by Gasteiger charge is -2.23. The summed E-state index contributed by atoms with van der Waals surface area (Å²) in [7, 11) is 1.75. The number of rotatable bonds is 9. The Bertz CT molecular complexity index is 333. The summed E-state index contributed by atoms with van der Waals surface area (Å²) in [5.41, 5.74) is 0.747. The molecule has 0 aromatic carbocycles. The van der Waals surface area contributed by atoms with Gasteiger partial charge in [-0.1, -0.05) is 31.9 Å². The van der Waals surface area contributed by atoms with Crippen LogP contribution in [0.1, 0.15) is 53.4 Å². The van der Waals surface area contributed by atoms with E-state index in [2.05, 4.69) is 26.8 Å². The maximum absolute atomic E-state index is 10.4. The van der Waals surface area contributed by atoms with Crippen LogP contribution in [-0.2, 0) is 9.53 Å². The van der Waals surface area contributed by atoms with Crippen LogP contribution < -0.4 is 6.15 Å². The summed E-state index contributed by atoms with van der Waals surface area (Å²) in [4.78, 5) is 10.4. The summed E-state index contributed by atoms with van der Waals surface area (Å²) < 4.78 is 5.39. The zero-order chi connectivity index (χ0) is 14.9. The van der Waals surface area contributed by atoms with E-state index >= 15 is 0 Å². The standard InChI is InChI=1S/C16H28O3.H3N/c1-13(10-7-11-16(3,4)19-5)8-6-9-14(2)12-15(17)18;/h6,9,12-13H,7-8,10-11H2,1-5H3,(H,17,18);1H3/p+1/b9-6+,14-12+;/t13-;/m0./s1. The number of hydrogen-bond donors (Lipinski definition) is 2. The minimum Gasteiger partial charge on any atom is -0.478 e. The third-order valence-electron chi connectivity index (χ3n) is 3.30. The van der Waals surface area contributed by atoms with Crippen molar-refractivity contribution in [1.29, 1.82) is 0 Å². The van der Waals surface area contributed by atoms with Crippen molar-refractivity contribution < 1.29 is 14.6 Å². The zero-order valence-electron chi connectivity index (χ0n) is 13.9. The summed E-state index contributed by atoms with van der Waals surface area (Å²) in [6.07, 6.45) is 9.53. The zero-order valence-corrected chi connectivity index (χ0v) is 13.9. The molecule has 4 nitrogen and oxygen atoms in total. The van der Waals surface area contributed by atoms with Crippen LogP contribution in [0.2, 0.25) is 0 Å². The van der Waals surface area contributed by atoms with E-state index < -0.39 is 5.97 Å². The number of carboxylic acids is 1. The summed E-state index contributed by atoms with van der Waals surface area (Å²) in [6.45, 7) is 8.24. The van der Waals surface area contributed by atoms with Gasteiger partial charge in [-0.25, -0.2) is 4.79 Å². The molecule has 0 aliphatic rings. The third-order valence-corrected chi connectivity index (χ3v) is 3.30. The van der Waals surface area contributed by atoms with Gasteiger partial charge in [-0.05, 0) is 45.1 Å². The van der Waals surface area contributed by atoms with Gasteiger partial charge in [0.05, 0.1) is 5.60 Å². The Morgan fingerprint density at radius 1 is 1.40 bits per heavy atom. The molecule has 1 atom stereocenters. The van der Waals surface area contributed by atoms with Crippen LogP contribution in [0.15, 0.2) is 23.8 Å². The lowest BCUT2D eigenvalue weighted by molar-refractivity contribution is -0.131. The van der Waals surface area contributed by atoms with E-state index in [1.54, 1.807) is 14.0 Å². The Hall–Kier alpha value is -1.13. The molecule has 0 aliphatic heterocycles. The molecule has 0 aliphatic carbocycles. The number of aliphatic carboxylic acids is 1. The lowest BCUT2D eigenvalue weighted by atomic mass is 9.95. The molecular formula is C16H32NO3+. The quantitative estimate of drug-likeness (QED) is 0.481. The van der Waals surface area contributed by atoms with Crippen LogP contribution in [0.4, 0.5) is 0 Å². The summed E-state index contributed by atoms with van der Waals surface area (Å²) in [5.74, 6) is -0.279. The average Bonchev–Trinajstić information content (AvgIpc) is 2.27. The number of carbonyl (C=O) groups is 1. The average molecular weight is 286 g/mol. The van der Waals surface area contributed by atoms with E-state index in [1.807, 2.05) is 6.08 Å². The molecular weight excluding hydrogens is 254 g/mol. The molecule has 0 rings (SSSR count). The maximum Gasteiger partial charge on any atom is 0.328 e. The fourth-order valence-electron chi connectivity index (χ4n) is 1.83. The van der Waals surface area contributed by atoms with Gasteiger partial charge in [0.2, 0.25) is 0 Å². The summed E-state index contributed by atoms with van der Waals surface area (Å²) >= 11 is 0. The highest BCUT2D eigenvalue weighted by Crippen LogP contribution is 2.20. The Morgan fingerprint density at radius 2 is 2.00 bits per heavy atom. The first-order chi connectivity index (χ1) is 8.76. The Kier molecular flexibility index (Phi) is 11.3. The molecule has 4 heteroatoms. The minimum atomic E-state index is -0.892. The van der Waals surface area contributed by atoms with Gasteiger partial charge in [0.1, 0.15) is 0 Å². The molecule has 20 heavy (non-hydrogen) atoms. The second kappa shape index (κ2) is 10.6. The SMILES string of the molecule is COC(C)(C)CCC[C@@H](C)C/C=C/C(C)=C/C(=O)O.[NH4+]. The molecule has 0 heterocycles. The van der Waals surface area contributed by atoms with Gasteiger partial charge in [0, 0.05) is 13.2 Å². The number of allylic oxidation sites excluding steroid dienone is 3. The van der Waals surface area contributed by atoms with Crippen molar-refractivity contribution in [3.8, 4) is 0 Å². The highest BCUT2D eigenvalue weighted by atomic mass is 16.5. The van der Waals surface area contributed by atoms with Gasteiger partial charge in [-0.3, -0.25) is 0 Å². The molecule has 0 fully saturated rings. The highest BCUT2D eigenvalue weighted by Gasteiger charge is 2.15. The molecule has 0 saturated carbocycles. The largest absolute Gasteiger partial charge is 0.478 e. The minimum absolute atomic E-state index is 0. The van der Waals surface area contributed by atoms with Gasteiger partial charge in [-0.15, -0.1) is 0 Å². The molecule has 0 unspecified atom stereocenters. The van der Waals surface area contributed by atoms with Crippen LogP contribution in [-0.4, -0.2) is 23.8 Å². The fourth-order valence-corrected chi connectivity index (χ4v) is 1.83. The molecule has 0 saturated heterocycles. The van der Waals surface area contributed by atoms with Crippen LogP contribution in [0, 0.1) is 5.92 Å². The maximum atomic E-state index is 10.4. The number of carboxylic acid groups (broad SMARTS) is 1. The van der Waals surface area contributed by atoms with Crippen molar-refractivity contribution in [3.63, 3.8) is 0 Å². The van der Waals surface area contributed by atoms with E-state index in [0.717, 1.165) is 24.8 Å². The van der Waals surface area contributed by atoms with E-state index in [1.165, 1.54) is 12.5 Å². The van der Waals surface area contributed by atoms with Crippen LogP contribution in [0.3, 0.4) is 0 Å². The lowest BCUT2D eigenvalue weighted by Crippen LogP contribution is -2.22. The van der Waals surface area contributed by atoms with Gasteiger partial charge in [0.25, 0.3) is 0 Å². The van der Waals surface area contributed by atoms with Crippen LogP contribution in [0.25, 0.3) is 0 Å². The predicted octanol–water partition coefficient (Wildman–Crippen LogP) is 4.57. The molecule has 0 bridgehead atoms. The van der Waals surface area contributed by atoms with Gasteiger partial charge in [-0.2, -0.15) is 0 Å². The highest BCUT2D eigenvalue weighted by molar-refractivity contribution is 5.81. The van der Waals surface area contributed by atoms with Crippen molar-refractivity contribution in [2.75, 3.05) is 7.11 Å². The van der Waals surface area contributed by atoms with Crippen molar-refractivity contribution in [2.45, 2.75) is 59.0 Å². The molecule has 118 valence electrons. The second-order valence-corrected chi connectivity index (χ2v) is 5.83. The van der Waals surface area contributed by atoms with Crippen molar-refractivity contribution in [1.82, 2.24) is 6.15 Å². The third kappa shape index (κ3) is 11.9. The number of methoxy groups -OCH3 is 1. The molecule has 5 N–H and O–H groups in total. The topological polar surface area (TPSA) is 83.0 Å². The monoisotopic (exact) mass is 286 g/mol. The molecule has 0 aromatic heterocycles. The second-order valence-electron chi connectivity index (χ2n) is 5.83. The van der Waals surface area contributed by atoms with E-state index in [9.17, 15) is 4.79 Å². The normalized spacial score (nSPS) is 14.2. The first-order valence-corrected chi connectivity index (χ1v) is 6.90. The molecule has 0 spiro atoms. The summed E-state index contributed by atoms with van der Waals surface area (Å²) in [6, 6.07) is 0. The Balaban J connectivity index is 0. The Labute approximate surface area is 123 Å². The van der Waals surface area contributed by atoms with Gasteiger partial charge in [0.15, 0.2) is 0 Å². The molecule has 0 amide bonds.